The molecule has 24 heavy (non-hydrogen) atoms. The first-order valence-corrected chi connectivity index (χ1v) is 8.54. The van der Waals surface area contributed by atoms with Crippen LogP contribution in [-0.4, -0.2) is 47.9 Å². The number of likely N-dealkylation sites (tertiary alicyclic amines) is 1. The molecule has 2 heterocycles. The smallest absolute Gasteiger partial charge is 0.244 e. The lowest BCUT2D eigenvalue weighted by Gasteiger charge is -2.29. The molecule has 1 aliphatic rings. The number of pyridine rings is 1. The third-order valence-electron chi connectivity index (χ3n) is 4.75. The maximum atomic E-state index is 12.8. The highest BCUT2D eigenvalue weighted by molar-refractivity contribution is 5.82. The molecule has 4 heteroatoms. The summed E-state index contributed by atoms with van der Waals surface area (Å²) in [4.78, 5) is 20.9. The fraction of sp³-hybridized carbons (Fsp3) is 0.400. The molecule has 0 saturated carbocycles. The van der Waals surface area contributed by atoms with Crippen LogP contribution < -0.4 is 0 Å². The van der Waals surface area contributed by atoms with Crippen LogP contribution in [0.3, 0.4) is 0 Å². The maximum absolute atomic E-state index is 12.8. The molecule has 126 valence electrons. The minimum absolute atomic E-state index is 0.158. The van der Waals surface area contributed by atoms with Gasteiger partial charge in [-0.05, 0) is 48.6 Å². The van der Waals surface area contributed by atoms with E-state index in [1.165, 1.54) is 5.56 Å². The molecule has 0 unspecified atom stereocenters. The fourth-order valence-electron chi connectivity index (χ4n) is 3.51. The van der Waals surface area contributed by atoms with Gasteiger partial charge < -0.3 is 4.90 Å². The second-order valence-electron chi connectivity index (χ2n) is 6.76. The van der Waals surface area contributed by atoms with Gasteiger partial charge in [0.1, 0.15) is 6.04 Å². The average molecular weight is 323 g/mol. The second kappa shape index (κ2) is 7.58. The van der Waals surface area contributed by atoms with Crippen LogP contribution in [0.5, 0.6) is 0 Å². The summed E-state index contributed by atoms with van der Waals surface area (Å²) in [5, 5.41) is 0. The summed E-state index contributed by atoms with van der Waals surface area (Å²) < 4.78 is 0. The molecule has 4 nitrogen and oxygen atoms in total. The Kier molecular flexibility index (Phi) is 5.26. The number of hydrogen-bond donors (Lipinski definition) is 0. The Labute approximate surface area is 144 Å². The largest absolute Gasteiger partial charge is 0.347 e. The van der Waals surface area contributed by atoms with Gasteiger partial charge in [-0.2, -0.15) is 0 Å². The third kappa shape index (κ3) is 3.82. The molecule has 0 aliphatic carbocycles. The van der Waals surface area contributed by atoms with Crippen LogP contribution >= 0.6 is 0 Å². The Balaban J connectivity index is 1.74. The van der Waals surface area contributed by atoms with Crippen molar-refractivity contribution in [3.8, 4) is 0 Å². The Morgan fingerprint density at radius 2 is 1.92 bits per heavy atom. The number of amides is 1. The number of nitrogens with zero attached hydrogens (tertiary/aromatic N) is 3. The zero-order valence-corrected chi connectivity index (χ0v) is 14.4. The van der Waals surface area contributed by atoms with Crippen molar-refractivity contribution in [3.05, 3.63) is 66.0 Å². The van der Waals surface area contributed by atoms with Gasteiger partial charge in [0, 0.05) is 33.0 Å². The molecule has 2 aromatic rings. The van der Waals surface area contributed by atoms with Crippen molar-refractivity contribution >= 4 is 5.91 Å². The lowest BCUT2D eigenvalue weighted by molar-refractivity contribution is -0.134. The van der Waals surface area contributed by atoms with Crippen LogP contribution in [0.1, 0.15) is 23.6 Å². The lowest BCUT2D eigenvalue weighted by atomic mass is 9.99. The van der Waals surface area contributed by atoms with Crippen molar-refractivity contribution in [2.75, 3.05) is 27.2 Å². The summed E-state index contributed by atoms with van der Waals surface area (Å²) in [7, 11) is 3.67. The molecule has 1 aliphatic heterocycles. The van der Waals surface area contributed by atoms with Gasteiger partial charge in [0.15, 0.2) is 0 Å². The Bertz CT molecular complexity index is 657. The van der Waals surface area contributed by atoms with E-state index in [0.29, 0.717) is 5.92 Å². The van der Waals surface area contributed by atoms with Gasteiger partial charge in [0.2, 0.25) is 5.91 Å². The number of likely N-dealkylation sites (N-methyl/N-ethyl adjacent to an activating group) is 1. The molecule has 1 aromatic heterocycles. The van der Waals surface area contributed by atoms with Crippen LogP contribution in [0.2, 0.25) is 0 Å². The van der Waals surface area contributed by atoms with E-state index in [1.807, 2.05) is 44.7 Å². The lowest BCUT2D eigenvalue weighted by Crippen LogP contribution is -2.39. The van der Waals surface area contributed by atoms with Gasteiger partial charge in [-0.15, -0.1) is 0 Å². The van der Waals surface area contributed by atoms with E-state index in [-0.39, 0.29) is 11.9 Å². The number of hydrogen-bond acceptors (Lipinski definition) is 3. The van der Waals surface area contributed by atoms with Gasteiger partial charge in [0.25, 0.3) is 0 Å². The van der Waals surface area contributed by atoms with E-state index in [2.05, 4.69) is 34.1 Å². The van der Waals surface area contributed by atoms with Crippen LogP contribution in [0.15, 0.2) is 54.9 Å². The van der Waals surface area contributed by atoms with E-state index >= 15 is 0 Å². The summed E-state index contributed by atoms with van der Waals surface area (Å²) in [5.41, 5.74) is 2.41. The zero-order valence-electron chi connectivity index (χ0n) is 14.4. The standard InChI is InChI=1S/C20H25N3O/c1-22(2)20(24)19(18-6-4-3-5-7-18)23-13-10-17(15-23)14-16-8-11-21-12-9-16/h3-9,11-12,17,19H,10,13-15H2,1-2H3/t17-,19+/m1/s1. The van der Waals surface area contributed by atoms with Gasteiger partial charge in [-0.25, -0.2) is 0 Å². The Morgan fingerprint density at radius 3 is 2.58 bits per heavy atom. The average Bonchev–Trinajstić information content (AvgIpc) is 3.05. The van der Waals surface area contributed by atoms with Gasteiger partial charge in [-0.3, -0.25) is 14.7 Å². The van der Waals surface area contributed by atoms with Crippen molar-refractivity contribution < 1.29 is 4.79 Å². The third-order valence-corrected chi connectivity index (χ3v) is 4.75. The van der Waals surface area contributed by atoms with Crippen LogP contribution in [0.4, 0.5) is 0 Å². The van der Waals surface area contributed by atoms with Crippen molar-refractivity contribution in [1.82, 2.24) is 14.8 Å². The van der Waals surface area contributed by atoms with Crippen molar-refractivity contribution in [3.63, 3.8) is 0 Å². The van der Waals surface area contributed by atoms with E-state index in [9.17, 15) is 4.79 Å². The highest BCUT2D eigenvalue weighted by Gasteiger charge is 2.34. The SMILES string of the molecule is CN(C)C(=O)[C@H](c1ccccc1)N1CC[C@H](Cc2ccncc2)C1. The summed E-state index contributed by atoms with van der Waals surface area (Å²) in [5.74, 6) is 0.749. The molecule has 1 fully saturated rings. The molecule has 0 spiro atoms. The van der Waals surface area contributed by atoms with Crippen LogP contribution in [-0.2, 0) is 11.2 Å². The molecule has 1 saturated heterocycles. The van der Waals surface area contributed by atoms with Gasteiger partial charge in [-0.1, -0.05) is 30.3 Å². The first-order chi connectivity index (χ1) is 11.6. The predicted octanol–water partition coefficient (Wildman–Crippen LogP) is 2.78. The molecule has 3 rings (SSSR count). The van der Waals surface area contributed by atoms with E-state index in [1.54, 1.807) is 4.90 Å². The molecular weight excluding hydrogens is 298 g/mol. The Hall–Kier alpha value is -2.20. The monoisotopic (exact) mass is 323 g/mol. The predicted molar refractivity (Wildman–Crippen MR) is 95.5 cm³/mol. The number of carbonyl (C=O) groups is 1. The normalized spacial score (nSPS) is 19.2. The fourth-order valence-corrected chi connectivity index (χ4v) is 3.51. The second-order valence-corrected chi connectivity index (χ2v) is 6.76. The van der Waals surface area contributed by atoms with E-state index < -0.39 is 0 Å². The van der Waals surface area contributed by atoms with E-state index in [0.717, 1.165) is 31.5 Å². The topological polar surface area (TPSA) is 36.4 Å². The first kappa shape index (κ1) is 16.7. The summed E-state index contributed by atoms with van der Waals surface area (Å²) in [6, 6.07) is 14.1. The number of aromatic nitrogens is 1. The highest BCUT2D eigenvalue weighted by Crippen LogP contribution is 2.30. The molecule has 0 N–H and O–H groups in total. The number of benzene rings is 1. The van der Waals surface area contributed by atoms with Crippen molar-refractivity contribution in [1.29, 1.82) is 0 Å². The molecule has 1 aromatic carbocycles. The zero-order chi connectivity index (χ0) is 16.9. The van der Waals surface area contributed by atoms with Crippen LogP contribution in [0.25, 0.3) is 0 Å². The van der Waals surface area contributed by atoms with Crippen LogP contribution in [0, 0.1) is 5.92 Å². The minimum atomic E-state index is -0.177. The summed E-state index contributed by atoms with van der Waals surface area (Å²) >= 11 is 0. The van der Waals surface area contributed by atoms with Gasteiger partial charge >= 0.3 is 0 Å². The summed E-state index contributed by atoms with van der Waals surface area (Å²) in [6.45, 7) is 1.93. The number of rotatable bonds is 5. The number of carbonyl (C=O) groups excluding carboxylic acids is 1. The first-order valence-electron chi connectivity index (χ1n) is 8.54. The minimum Gasteiger partial charge on any atom is -0.347 e. The molecule has 1 amide bonds. The summed E-state index contributed by atoms with van der Waals surface area (Å²) in [6.07, 6.45) is 5.89. The molecule has 0 bridgehead atoms. The van der Waals surface area contributed by atoms with E-state index in [4.69, 9.17) is 0 Å². The van der Waals surface area contributed by atoms with Crippen molar-refractivity contribution in [2.24, 2.45) is 5.92 Å². The molecular formula is C20H25N3O. The molecule has 2 atom stereocenters. The Morgan fingerprint density at radius 1 is 1.21 bits per heavy atom. The highest BCUT2D eigenvalue weighted by atomic mass is 16.2. The maximum Gasteiger partial charge on any atom is 0.244 e. The quantitative estimate of drug-likeness (QED) is 0.849. The molecule has 0 radical (unpaired) electrons. The van der Waals surface area contributed by atoms with Gasteiger partial charge in [0.05, 0.1) is 0 Å². The van der Waals surface area contributed by atoms with Crippen molar-refractivity contribution in [2.45, 2.75) is 18.9 Å².